The maximum absolute atomic E-state index is 6.89. The number of hydrogen-bond acceptors (Lipinski definition) is 2. The summed E-state index contributed by atoms with van der Waals surface area (Å²) in [5.74, 6) is 0. The Morgan fingerprint density at radius 2 is 1.10 bits per heavy atom. The van der Waals surface area contributed by atoms with E-state index in [-0.39, 0.29) is 10.8 Å². The van der Waals surface area contributed by atoms with Crippen LogP contribution in [-0.4, -0.2) is 0 Å². The summed E-state index contributed by atoms with van der Waals surface area (Å²) in [4.78, 5) is 2.50. The van der Waals surface area contributed by atoms with E-state index in [4.69, 9.17) is 4.42 Å². The van der Waals surface area contributed by atoms with Gasteiger partial charge in [0.2, 0.25) is 0 Å². The maximum Gasteiger partial charge on any atom is 0.160 e. The van der Waals surface area contributed by atoms with Crippen molar-refractivity contribution in [2.45, 2.75) is 38.5 Å². The second-order valence-electron chi connectivity index (χ2n) is 14.5. The van der Waals surface area contributed by atoms with Gasteiger partial charge in [-0.05, 0) is 74.7 Å². The van der Waals surface area contributed by atoms with Crippen molar-refractivity contribution in [3.8, 4) is 22.3 Å². The molecular weight excluding hydrogens is 583 g/mol. The van der Waals surface area contributed by atoms with Gasteiger partial charge < -0.3 is 9.32 Å². The summed E-state index contributed by atoms with van der Waals surface area (Å²) in [6, 6.07) is 51.3. The third-order valence-corrected chi connectivity index (χ3v) is 11.2. The molecule has 0 amide bonds. The number of furan rings is 1. The molecule has 0 saturated heterocycles. The largest absolute Gasteiger partial charge is 0.454 e. The van der Waals surface area contributed by atoms with Gasteiger partial charge in [-0.15, -0.1) is 0 Å². The molecular formula is C46H35NO. The lowest BCUT2D eigenvalue weighted by Gasteiger charge is -2.31. The van der Waals surface area contributed by atoms with E-state index in [0.717, 1.165) is 44.4 Å². The summed E-state index contributed by atoms with van der Waals surface area (Å²) < 4.78 is 6.89. The lowest BCUT2D eigenvalue weighted by atomic mass is 9.82. The molecule has 0 fully saturated rings. The normalized spacial score (nSPS) is 15.0. The van der Waals surface area contributed by atoms with Crippen LogP contribution in [0.4, 0.5) is 17.1 Å². The lowest BCUT2D eigenvalue weighted by Crippen LogP contribution is -2.18. The Balaban J connectivity index is 1.35. The Morgan fingerprint density at radius 3 is 1.94 bits per heavy atom. The van der Waals surface area contributed by atoms with Crippen molar-refractivity contribution in [3.05, 3.63) is 162 Å². The second kappa shape index (κ2) is 9.49. The van der Waals surface area contributed by atoms with Gasteiger partial charge in [-0.1, -0.05) is 137 Å². The van der Waals surface area contributed by atoms with Crippen LogP contribution < -0.4 is 4.90 Å². The van der Waals surface area contributed by atoms with Gasteiger partial charge in [0.05, 0.1) is 11.4 Å². The zero-order chi connectivity index (χ0) is 32.4. The molecule has 1 heterocycles. The molecule has 0 atom stereocenters. The molecule has 2 heteroatoms. The van der Waals surface area contributed by atoms with Crippen LogP contribution in [0.3, 0.4) is 0 Å². The van der Waals surface area contributed by atoms with Gasteiger partial charge in [-0.25, -0.2) is 0 Å². The Kier molecular flexibility index (Phi) is 5.44. The molecule has 0 radical (unpaired) electrons. The molecule has 0 N–H and O–H groups in total. The SMILES string of the molecule is CC1(C)c2ccccc2-c2ccc(N(c3cccc4c3-c3ccccc3C4(C)C)c3c4ccccc4cc4c3oc3ccccc34)cc21. The molecule has 0 aliphatic heterocycles. The standard InChI is InChI=1S/C46H35NO/c1-45(2)37-20-11-8-18-34(37)42-38(45)21-13-22-40(42)47(29-24-25-32-31-16-7-10-19-36(31)46(3,4)39(32)27-29)43-30-15-6-5-14-28(30)26-35-33-17-9-12-23-41(33)48-44(35)43/h5-27H,1-4H3. The van der Waals surface area contributed by atoms with Crippen LogP contribution in [0.5, 0.6) is 0 Å². The first-order chi connectivity index (χ1) is 23.3. The smallest absolute Gasteiger partial charge is 0.160 e. The molecule has 7 aromatic carbocycles. The second-order valence-corrected chi connectivity index (χ2v) is 14.5. The molecule has 2 aliphatic carbocycles. The number of benzene rings is 7. The fourth-order valence-corrected chi connectivity index (χ4v) is 8.86. The minimum atomic E-state index is -0.131. The van der Waals surface area contributed by atoms with E-state index in [0.29, 0.717) is 0 Å². The van der Waals surface area contributed by atoms with Crippen molar-refractivity contribution in [3.63, 3.8) is 0 Å². The van der Waals surface area contributed by atoms with Crippen molar-refractivity contribution < 1.29 is 4.42 Å². The molecule has 2 aliphatic rings. The highest BCUT2D eigenvalue weighted by Crippen LogP contribution is 2.57. The average molecular weight is 618 g/mol. The van der Waals surface area contributed by atoms with E-state index in [1.807, 2.05) is 0 Å². The number of nitrogens with zero attached hydrogens (tertiary/aromatic N) is 1. The molecule has 10 rings (SSSR count). The van der Waals surface area contributed by atoms with Gasteiger partial charge in [-0.2, -0.15) is 0 Å². The molecule has 0 saturated carbocycles. The maximum atomic E-state index is 6.89. The average Bonchev–Trinajstić information content (AvgIpc) is 3.68. The van der Waals surface area contributed by atoms with E-state index >= 15 is 0 Å². The summed E-state index contributed by atoms with van der Waals surface area (Å²) in [6.07, 6.45) is 0. The number of para-hydroxylation sites is 1. The zero-order valence-corrected chi connectivity index (χ0v) is 27.6. The fraction of sp³-hybridized carbons (Fsp3) is 0.130. The van der Waals surface area contributed by atoms with E-state index in [2.05, 4.69) is 172 Å². The molecule has 0 spiro atoms. The van der Waals surface area contributed by atoms with Crippen LogP contribution in [0.2, 0.25) is 0 Å². The van der Waals surface area contributed by atoms with Crippen molar-refractivity contribution >= 4 is 49.8 Å². The van der Waals surface area contributed by atoms with Gasteiger partial charge in [0, 0.05) is 38.2 Å². The Bertz CT molecular complexity index is 2630. The summed E-state index contributed by atoms with van der Waals surface area (Å²) in [5.41, 5.74) is 15.6. The number of rotatable bonds is 3. The summed E-state index contributed by atoms with van der Waals surface area (Å²) in [7, 11) is 0. The number of hydrogen-bond donors (Lipinski definition) is 0. The Hall–Kier alpha value is -5.60. The zero-order valence-electron chi connectivity index (χ0n) is 27.6. The highest BCUT2D eigenvalue weighted by atomic mass is 16.3. The Morgan fingerprint density at radius 1 is 0.479 bits per heavy atom. The van der Waals surface area contributed by atoms with Crippen LogP contribution in [0.15, 0.2) is 144 Å². The quantitative estimate of drug-likeness (QED) is 0.196. The van der Waals surface area contributed by atoms with Gasteiger partial charge >= 0.3 is 0 Å². The van der Waals surface area contributed by atoms with Crippen LogP contribution in [-0.2, 0) is 10.8 Å². The minimum Gasteiger partial charge on any atom is -0.454 e. The Labute approximate surface area is 280 Å². The molecule has 0 unspecified atom stereocenters. The highest BCUT2D eigenvalue weighted by molar-refractivity contribution is 6.20. The van der Waals surface area contributed by atoms with Crippen molar-refractivity contribution in [1.29, 1.82) is 0 Å². The first-order valence-corrected chi connectivity index (χ1v) is 16.9. The molecule has 230 valence electrons. The predicted octanol–water partition coefficient (Wildman–Crippen LogP) is 12.8. The van der Waals surface area contributed by atoms with Gasteiger partial charge in [-0.3, -0.25) is 0 Å². The molecule has 48 heavy (non-hydrogen) atoms. The third-order valence-electron chi connectivity index (χ3n) is 11.2. The predicted molar refractivity (Wildman–Crippen MR) is 201 cm³/mol. The molecule has 2 nitrogen and oxygen atoms in total. The molecule has 1 aromatic heterocycles. The van der Waals surface area contributed by atoms with Crippen LogP contribution in [0, 0.1) is 0 Å². The highest BCUT2D eigenvalue weighted by Gasteiger charge is 2.40. The molecule has 8 aromatic rings. The minimum absolute atomic E-state index is 0.122. The summed E-state index contributed by atoms with van der Waals surface area (Å²) in [5, 5.41) is 4.62. The topological polar surface area (TPSA) is 16.4 Å². The van der Waals surface area contributed by atoms with Gasteiger partial charge in [0.25, 0.3) is 0 Å². The van der Waals surface area contributed by atoms with E-state index in [1.165, 1.54) is 49.9 Å². The third kappa shape index (κ3) is 3.52. The number of fused-ring (bicyclic) bond motifs is 10. The molecule has 0 bridgehead atoms. The fourth-order valence-electron chi connectivity index (χ4n) is 8.86. The van der Waals surface area contributed by atoms with Crippen molar-refractivity contribution in [2.24, 2.45) is 0 Å². The van der Waals surface area contributed by atoms with E-state index < -0.39 is 0 Å². The number of anilines is 3. The van der Waals surface area contributed by atoms with Gasteiger partial charge in [0.15, 0.2) is 5.58 Å². The van der Waals surface area contributed by atoms with E-state index in [1.54, 1.807) is 0 Å². The van der Waals surface area contributed by atoms with Crippen molar-refractivity contribution in [1.82, 2.24) is 0 Å². The van der Waals surface area contributed by atoms with Crippen molar-refractivity contribution in [2.75, 3.05) is 4.90 Å². The first-order valence-electron chi connectivity index (χ1n) is 16.9. The monoisotopic (exact) mass is 617 g/mol. The first kappa shape index (κ1) is 27.5. The summed E-state index contributed by atoms with van der Waals surface area (Å²) in [6.45, 7) is 9.44. The van der Waals surface area contributed by atoms with E-state index in [9.17, 15) is 0 Å². The van der Waals surface area contributed by atoms with Crippen LogP contribution >= 0.6 is 0 Å². The van der Waals surface area contributed by atoms with Crippen LogP contribution in [0.1, 0.15) is 49.9 Å². The summed E-state index contributed by atoms with van der Waals surface area (Å²) >= 11 is 0. The van der Waals surface area contributed by atoms with Gasteiger partial charge in [0.1, 0.15) is 5.58 Å². The lowest BCUT2D eigenvalue weighted by molar-refractivity contribution is 0.660. The van der Waals surface area contributed by atoms with Crippen LogP contribution in [0.25, 0.3) is 55.0 Å².